The molecule has 0 aromatic carbocycles. The Hall–Kier alpha value is -3.90. The van der Waals surface area contributed by atoms with Crippen LogP contribution in [0.4, 0.5) is 0 Å². The average Bonchev–Trinajstić information content (AvgIpc) is 3.72. The molecular formula is C56H84O11. The molecule has 11 nitrogen and oxygen atoms in total. The summed E-state index contributed by atoms with van der Waals surface area (Å²) >= 11 is 0. The summed E-state index contributed by atoms with van der Waals surface area (Å²) in [5.41, 5.74) is -0.543. The number of carboxylic acids is 1. The fraction of sp³-hybridized carbons (Fsp3) is 0.679. The highest BCUT2D eigenvalue weighted by Crippen LogP contribution is 2.76. The van der Waals surface area contributed by atoms with Gasteiger partial charge in [-0.15, -0.1) is 0 Å². The summed E-state index contributed by atoms with van der Waals surface area (Å²) in [7, 11) is 0. The molecule has 5 N–H and O–H groups in total. The Morgan fingerprint density at radius 1 is 0.881 bits per heavy atom. The highest BCUT2D eigenvalue weighted by atomic mass is 16.6. The number of esters is 2. The number of carboxylic acid groups (broad SMARTS) is 1. The van der Waals surface area contributed by atoms with Crippen LogP contribution < -0.4 is 0 Å². The van der Waals surface area contributed by atoms with Crippen molar-refractivity contribution in [2.75, 3.05) is 13.2 Å². The van der Waals surface area contributed by atoms with E-state index in [0.29, 0.717) is 11.1 Å². The van der Waals surface area contributed by atoms with E-state index in [1.165, 1.54) is 88.4 Å². The summed E-state index contributed by atoms with van der Waals surface area (Å²) in [6.45, 7) is 18.6. The van der Waals surface area contributed by atoms with E-state index in [2.05, 4.69) is 46.8 Å². The first kappa shape index (κ1) is 55.7. The van der Waals surface area contributed by atoms with Gasteiger partial charge in [0.05, 0.1) is 17.6 Å². The van der Waals surface area contributed by atoms with Crippen molar-refractivity contribution in [1.82, 2.24) is 0 Å². The molecule has 1 unspecified atom stereocenters. The van der Waals surface area contributed by atoms with E-state index in [1.54, 1.807) is 45.9 Å². The van der Waals surface area contributed by atoms with E-state index in [4.69, 9.17) is 14.6 Å². The van der Waals surface area contributed by atoms with Crippen molar-refractivity contribution >= 4 is 23.7 Å². The van der Waals surface area contributed by atoms with E-state index in [-0.39, 0.29) is 30.8 Å². The Morgan fingerprint density at radius 2 is 1.49 bits per heavy atom. The molecule has 374 valence electrons. The molecule has 0 spiro atoms. The first-order valence-corrected chi connectivity index (χ1v) is 25.1. The van der Waals surface area contributed by atoms with Gasteiger partial charge >= 0.3 is 17.9 Å². The number of allylic oxidation sites excluding steroid dienone is 9. The molecule has 2 saturated carbocycles. The number of hydrogen-bond donors (Lipinski definition) is 5. The van der Waals surface area contributed by atoms with Crippen LogP contribution in [-0.2, 0) is 28.7 Å². The van der Waals surface area contributed by atoms with Gasteiger partial charge in [-0.25, -0.2) is 4.79 Å². The minimum Gasteiger partial charge on any atom is -0.478 e. The van der Waals surface area contributed by atoms with Crippen molar-refractivity contribution in [2.24, 2.45) is 34.5 Å². The number of carbonyl (C=O) groups is 4. The number of fused-ring (bicyclic) bond motifs is 5. The lowest BCUT2D eigenvalue weighted by Crippen LogP contribution is -2.65. The van der Waals surface area contributed by atoms with Crippen LogP contribution in [0.15, 0.2) is 82.0 Å². The van der Waals surface area contributed by atoms with Crippen molar-refractivity contribution in [2.45, 2.75) is 195 Å². The summed E-state index contributed by atoms with van der Waals surface area (Å²) in [5.74, 6) is -5.94. The van der Waals surface area contributed by atoms with Crippen LogP contribution in [0.1, 0.15) is 172 Å². The molecule has 5 aliphatic rings. The molecule has 11 heteroatoms. The Balaban J connectivity index is 0.000000374. The third-order valence-corrected chi connectivity index (χ3v) is 15.7. The fourth-order valence-electron chi connectivity index (χ4n) is 12.0. The number of aliphatic hydroxyl groups excluding tert-OH is 2. The molecule has 5 rings (SSSR count). The summed E-state index contributed by atoms with van der Waals surface area (Å²) in [4.78, 5) is 49.0. The molecule has 0 heterocycles. The first-order chi connectivity index (χ1) is 31.5. The van der Waals surface area contributed by atoms with Crippen LogP contribution in [0, 0.1) is 34.5 Å². The van der Waals surface area contributed by atoms with Gasteiger partial charge in [-0.05, 0) is 81.1 Å². The van der Waals surface area contributed by atoms with Crippen LogP contribution >= 0.6 is 0 Å². The number of unbranched alkanes of at least 4 members (excludes halogenated alkanes) is 10. The maximum absolute atomic E-state index is 13.2. The number of hydrogen-bond acceptors (Lipinski definition) is 10. The van der Waals surface area contributed by atoms with Gasteiger partial charge in [-0.2, -0.15) is 0 Å². The van der Waals surface area contributed by atoms with E-state index in [0.717, 1.165) is 36.8 Å². The number of ether oxygens (including phenoxy) is 2. The third kappa shape index (κ3) is 12.5. The number of rotatable bonds is 21. The summed E-state index contributed by atoms with van der Waals surface area (Å²) in [5, 5.41) is 54.9. The first-order valence-electron chi connectivity index (χ1n) is 25.1. The number of carbonyl (C=O) groups excluding carboxylic acids is 3. The molecule has 5 aliphatic carbocycles. The summed E-state index contributed by atoms with van der Waals surface area (Å²) < 4.78 is 11.7. The monoisotopic (exact) mass is 933 g/mol. The van der Waals surface area contributed by atoms with E-state index < -0.39 is 76.3 Å². The Morgan fingerprint density at radius 3 is 2.06 bits per heavy atom. The zero-order chi connectivity index (χ0) is 50.0. The van der Waals surface area contributed by atoms with Crippen molar-refractivity contribution in [3.05, 3.63) is 82.0 Å². The SMILES string of the molecule is CC1=C(/C=C/C(C)=C/C=C/C(C)=C/C(=O)O)C(C)(C)CCC1.CCCCCCCCCCCCCC(=O)OCC1(C)[C@H]2[C@@H]3C=C(CO)C[C@]4(O)C(=O)C(C)=C[C@H]4[C@@]3(O)[C@H](C)[C@@H](O)[C@]21OC(C)=O. The highest BCUT2D eigenvalue weighted by molar-refractivity contribution is 6.04. The smallest absolute Gasteiger partial charge is 0.328 e. The topological polar surface area (TPSA) is 188 Å². The van der Waals surface area contributed by atoms with Gasteiger partial charge in [0, 0.05) is 49.5 Å². The third-order valence-electron chi connectivity index (χ3n) is 15.7. The number of aliphatic hydroxyl groups is 4. The molecule has 0 aromatic rings. The van der Waals surface area contributed by atoms with Crippen molar-refractivity contribution < 1.29 is 54.2 Å². The number of Topliss-reactive ketones (excluding diaryl/α,β-unsaturated/α-hetero) is 1. The van der Waals surface area contributed by atoms with Gasteiger partial charge in [0.15, 0.2) is 11.4 Å². The summed E-state index contributed by atoms with van der Waals surface area (Å²) in [6, 6.07) is 0. The highest BCUT2D eigenvalue weighted by Gasteiger charge is 2.88. The summed E-state index contributed by atoms with van der Waals surface area (Å²) in [6.07, 6.45) is 29.9. The van der Waals surface area contributed by atoms with Gasteiger partial charge in [0.25, 0.3) is 0 Å². The van der Waals surface area contributed by atoms with E-state index in [1.807, 2.05) is 12.2 Å². The molecule has 0 amide bonds. The zero-order valence-corrected chi connectivity index (χ0v) is 42.4. The molecule has 0 aliphatic heterocycles. The molecule has 9 atom stereocenters. The van der Waals surface area contributed by atoms with Gasteiger partial charge in [0.1, 0.15) is 18.3 Å². The standard InChI is InChI=1S/C36H56O9.C20H28O2/c1-6-7-8-9-10-11-12-13-14-15-16-17-29(39)44-22-33(5)30-27-19-26(21-37)20-34(42)28(18-23(2)31(34)40)35(27,43)24(3)32(41)36(30,33)45-25(4)38;1-15(8-6-9-16(2)14-19(21)22)11-12-18-17(3)10-7-13-20(18,4)5/h18-19,24,27-28,30,32,37,41-43H,6-17,20-22H2,1-5H3;6,8-9,11-12,14H,7,10,13H2,1-5H3,(H,21,22)/b;9-6+,12-11+,15-8+,16-14+/t24-,27+,28-,30-,32-,33?,34-,35-,36-;/m1./s1. The lowest BCUT2D eigenvalue weighted by molar-refractivity contribution is -0.219. The van der Waals surface area contributed by atoms with Crippen molar-refractivity contribution in [3.8, 4) is 0 Å². The Bertz CT molecular complexity index is 2010. The lowest BCUT2D eigenvalue weighted by Gasteiger charge is -2.52. The molecule has 0 aromatic heterocycles. The minimum atomic E-state index is -1.98. The van der Waals surface area contributed by atoms with Crippen molar-refractivity contribution in [1.29, 1.82) is 0 Å². The van der Waals surface area contributed by atoms with Gasteiger partial charge in [0.2, 0.25) is 0 Å². The normalized spacial score (nSPS) is 32.4. The second kappa shape index (κ2) is 23.6. The predicted octanol–water partition coefficient (Wildman–Crippen LogP) is 10.3. The number of aliphatic carboxylic acids is 1. The lowest BCUT2D eigenvalue weighted by atomic mass is 9.59. The average molecular weight is 933 g/mol. The molecule has 0 radical (unpaired) electrons. The number of ketones is 1. The molecule has 0 bridgehead atoms. The largest absolute Gasteiger partial charge is 0.478 e. The van der Waals surface area contributed by atoms with Gasteiger partial charge in [-0.1, -0.05) is 153 Å². The Labute approximate surface area is 401 Å². The maximum Gasteiger partial charge on any atom is 0.328 e. The second-order valence-electron chi connectivity index (χ2n) is 21.4. The molecule has 67 heavy (non-hydrogen) atoms. The van der Waals surface area contributed by atoms with Gasteiger partial charge in [-0.3, -0.25) is 14.4 Å². The van der Waals surface area contributed by atoms with Gasteiger partial charge < -0.3 is 35.0 Å². The van der Waals surface area contributed by atoms with Crippen LogP contribution in [0.3, 0.4) is 0 Å². The molecular weight excluding hydrogens is 849 g/mol. The van der Waals surface area contributed by atoms with Crippen LogP contribution in [0.25, 0.3) is 0 Å². The fourth-order valence-corrected chi connectivity index (χ4v) is 12.0. The predicted molar refractivity (Wildman–Crippen MR) is 262 cm³/mol. The van der Waals surface area contributed by atoms with Crippen LogP contribution in [0.2, 0.25) is 0 Å². The molecule has 0 saturated heterocycles. The van der Waals surface area contributed by atoms with E-state index in [9.17, 15) is 39.6 Å². The maximum atomic E-state index is 13.2. The quantitative estimate of drug-likeness (QED) is 0.0242. The second-order valence-corrected chi connectivity index (χ2v) is 21.4. The zero-order valence-electron chi connectivity index (χ0n) is 42.4. The minimum absolute atomic E-state index is 0.136. The molecule has 2 fully saturated rings. The van der Waals surface area contributed by atoms with Crippen LogP contribution in [-0.4, -0.2) is 85.3 Å². The Kier molecular flexibility index (Phi) is 19.6. The van der Waals surface area contributed by atoms with Crippen LogP contribution in [0.5, 0.6) is 0 Å². The van der Waals surface area contributed by atoms with Crippen molar-refractivity contribution in [3.63, 3.8) is 0 Å². The van der Waals surface area contributed by atoms with E-state index >= 15 is 0 Å².